The van der Waals surface area contributed by atoms with E-state index in [1.807, 2.05) is 13.8 Å². The molecule has 0 aliphatic heterocycles. The topological polar surface area (TPSA) is 69.0 Å². The van der Waals surface area contributed by atoms with Gasteiger partial charge in [-0.3, -0.25) is 4.79 Å². The number of ether oxygens (including phenoxy) is 2. The van der Waals surface area contributed by atoms with Crippen molar-refractivity contribution >= 4 is 17.7 Å². The molecule has 0 saturated carbocycles. The lowest BCUT2D eigenvalue weighted by atomic mass is 10.2. The Bertz CT molecular complexity index is 588. The average Bonchev–Trinajstić information content (AvgIpc) is 2.44. The van der Waals surface area contributed by atoms with Gasteiger partial charge < -0.3 is 14.8 Å². The Hall–Kier alpha value is -2.55. The van der Waals surface area contributed by atoms with E-state index in [1.165, 1.54) is 6.07 Å². The van der Waals surface area contributed by atoms with Crippen molar-refractivity contribution in [3.05, 3.63) is 35.2 Å². The fraction of sp³-hybridized carbons (Fsp3) is 0.438. The minimum Gasteiger partial charge on any atom is -0.446 e. The third kappa shape index (κ3) is 5.44. The maximum absolute atomic E-state index is 11.5. The Kier molecular flexibility index (Phi) is 6.39. The van der Waals surface area contributed by atoms with Crippen molar-refractivity contribution in [3.8, 4) is 5.75 Å². The number of hydrogen-bond acceptors (Lipinski definition) is 4. The number of benzene rings is 1. The third-order valence-corrected chi connectivity index (χ3v) is 2.63. The monoisotopic (exact) mass is 304 g/mol. The average molecular weight is 304 g/mol. The molecule has 1 rings (SSSR count). The molecule has 0 saturated heterocycles. The van der Waals surface area contributed by atoms with Crippen LogP contribution in [0.1, 0.15) is 33.3 Å². The Labute approximate surface area is 130 Å². The molecule has 0 bridgehead atoms. The summed E-state index contributed by atoms with van der Waals surface area (Å²) < 4.78 is 10.2. The maximum atomic E-state index is 11.5. The van der Waals surface area contributed by atoms with Crippen molar-refractivity contribution in [2.24, 2.45) is 5.92 Å². The zero-order valence-corrected chi connectivity index (χ0v) is 13.2. The van der Waals surface area contributed by atoms with Crippen molar-refractivity contribution in [3.63, 3.8) is 0 Å². The zero-order valence-electron chi connectivity index (χ0n) is 13.2. The fourth-order valence-corrected chi connectivity index (χ4v) is 1.49. The highest BCUT2D eigenvalue weighted by Gasteiger charge is 2.13. The highest BCUT2D eigenvalue weighted by atomic mass is 16.5. The molecule has 1 aromatic rings. The Morgan fingerprint density at radius 2 is 1.95 bits per heavy atom. The number of carbonyl (C=O) groups is 2. The lowest BCUT2D eigenvalue weighted by Gasteiger charge is -2.11. The Morgan fingerprint density at radius 3 is 2.50 bits per heavy atom. The van der Waals surface area contributed by atoms with Gasteiger partial charge in [-0.25, -0.2) is 9.64 Å². The maximum Gasteiger partial charge on any atom is 0.407 e. The second-order valence-electron chi connectivity index (χ2n) is 5.35. The fourth-order valence-electron chi connectivity index (χ4n) is 1.49. The van der Waals surface area contributed by atoms with E-state index in [0.717, 1.165) is 0 Å². The number of amides is 1. The molecule has 0 aliphatic carbocycles. The normalized spacial score (nSPS) is 10.2. The highest BCUT2D eigenvalue weighted by molar-refractivity contribution is 5.75. The highest BCUT2D eigenvalue weighted by Crippen LogP contribution is 2.26. The van der Waals surface area contributed by atoms with Gasteiger partial charge in [0, 0.05) is 6.04 Å². The van der Waals surface area contributed by atoms with Gasteiger partial charge in [0.25, 0.3) is 0 Å². The molecule has 6 nitrogen and oxygen atoms in total. The summed E-state index contributed by atoms with van der Waals surface area (Å²) in [5.41, 5.74) is 0.838. The van der Waals surface area contributed by atoms with Crippen LogP contribution in [0.4, 0.5) is 10.5 Å². The predicted octanol–water partition coefficient (Wildman–Crippen LogP) is 3.43. The van der Waals surface area contributed by atoms with Gasteiger partial charge >= 0.3 is 12.1 Å². The molecule has 0 aromatic heterocycles. The van der Waals surface area contributed by atoms with Crippen molar-refractivity contribution < 1.29 is 19.1 Å². The molecule has 0 unspecified atom stereocenters. The summed E-state index contributed by atoms with van der Waals surface area (Å²) in [4.78, 5) is 26.3. The summed E-state index contributed by atoms with van der Waals surface area (Å²) in [6.45, 7) is 14.3. The van der Waals surface area contributed by atoms with E-state index >= 15 is 0 Å². The smallest absolute Gasteiger partial charge is 0.407 e. The summed E-state index contributed by atoms with van der Waals surface area (Å²) in [5.74, 6) is -0.310. The summed E-state index contributed by atoms with van der Waals surface area (Å²) in [6, 6.07) is 4.63. The molecule has 1 aromatic carbocycles. The third-order valence-electron chi connectivity index (χ3n) is 2.63. The van der Waals surface area contributed by atoms with Crippen molar-refractivity contribution in [1.29, 1.82) is 0 Å². The first-order chi connectivity index (χ1) is 10.3. The quantitative estimate of drug-likeness (QED) is 0.514. The Balaban J connectivity index is 2.75. The summed E-state index contributed by atoms with van der Waals surface area (Å²) in [6.07, 6.45) is -0.541. The molecule has 1 N–H and O–H groups in total. The van der Waals surface area contributed by atoms with E-state index in [9.17, 15) is 9.59 Å². The number of esters is 1. The number of nitrogens with one attached hydrogen (secondary N) is 1. The van der Waals surface area contributed by atoms with Crippen LogP contribution in [0.25, 0.3) is 4.85 Å². The van der Waals surface area contributed by atoms with E-state index in [1.54, 1.807) is 26.0 Å². The molecule has 0 spiro atoms. The van der Waals surface area contributed by atoms with Crippen LogP contribution >= 0.6 is 0 Å². The first-order valence-electron chi connectivity index (χ1n) is 6.98. The van der Waals surface area contributed by atoms with E-state index in [2.05, 4.69) is 10.2 Å². The molecule has 118 valence electrons. The van der Waals surface area contributed by atoms with Crippen molar-refractivity contribution in [2.45, 2.75) is 40.3 Å². The first-order valence-corrected chi connectivity index (χ1v) is 6.98. The summed E-state index contributed by atoms with van der Waals surface area (Å²) in [7, 11) is 0. The molecule has 0 heterocycles. The lowest BCUT2D eigenvalue weighted by Crippen LogP contribution is -2.30. The van der Waals surface area contributed by atoms with Crippen LogP contribution in [0, 0.1) is 12.5 Å². The zero-order chi connectivity index (χ0) is 16.7. The minimum atomic E-state index is -0.541. The van der Waals surface area contributed by atoms with Crippen LogP contribution in [0.3, 0.4) is 0 Å². The predicted molar refractivity (Wildman–Crippen MR) is 81.6 cm³/mol. The molecule has 0 fully saturated rings. The molecular weight excluding hydrogens is 284 g/mol. The SMILES string of the molecule is [C-]#[N+]c1cc(OC(=O)C(C)C)ccc1COC(=O)NC(C)C. The molecular formula is C16H20N2O4. The van der Waals surface area contributed by atoms with Gasteiger partial charge in [-0.05, 0) is 31.5 Å². The molecule has 0 atom stereocenters. The summed E-state index contributed by atoms with van der Waals surface area (Å²) in [5, 5.41) is 2.59. The van der Waals surface area contributed by atoms with E-state index in [-0.39, 0.29) is 30.2 Å². The second kappa shape index (κ2) is 8.03. The van der Waals surface area contributed by atoms with Crippen LogP contribution in [-0.2, 0) is 16.1 Å². The number of rotatable bonds is 5. The van der Waals surface area contributed by atoms with Crippen molar-refractivity contribution in [2.75, 3.05) is 0 Å². The molecule has 1 amide bonds. The van der Waals surface area contributed by atoms with Crippen LogP contribution < -0.4 is 10.1 Å². The largest absolute Gasteiger partial charge is 0.446 e. The second-order valence-corrected chi connectivity index (χ2v) is 5.35. The van der Waals surface area contributed by atoms with Crippen LogP contribution in [0.15, 0.2) is 18.2 Å². The number of hydrogen-bond donors (Lipinski definition) is 1. The van der Waals surface area contributed by atoms with Gasteiger partial charge in [0.2, 0.25) is 0 Å². The van der Waals surface area contributed by atoms with Gasteiger partial charge in [0.05, 0.1) is 12.5 Å². The standard InChI is InChI=1S/C16H20N2O4/c1-10(2)15(19)22-13-7-6-12(14(8-13)17-5)9-21-16(20)18-11(3)4/h6-8,10-11H,9H2,1-4H3,(H,18,20). The number of alkyl carbamates (subject to hydrolysis) is 1. The van der Waals surface area contributed by atoms with Crippen LogP contribution in [-0.4, -0.2) is 18.1 Å². The van der Waals surface area contributed by atoms with Gasteiger partial charge in [0.1, 0.15) is 12.4 Å². The van der Waals surface area contributed by atoms with Gasteiger partial charge in [-0.2, -0.15) is 0 Å². The summed E-state index contributed by atoms with van der Waals surface area (Å²) >= 11 is 0. The van der Waals surface area contributed by atoms with Crippen molar-refractivity contribution in [1.82, 2.24) is 5.32 Å². The molecule has 0 aliphatic rings. The van der Waals surface area contributed by atoms with Gasteiger partial charge in [-0.15, -0.1) is 0 Å². The van der Waals surface area contributed by atoms with Gasteiger partial charge in [0.15, 0.2) is 5.69 Å². The number of nitrogens with zero attached hydrogens (tertiary/aromatic N) is 1. The Morgan fingerprint density at radius 1 is 1.27 bits per heavy atom. The first kappa shape index (κ1) is 17.5. The van der Waals surface area contributed by atoms with E-state index < -0.39 is 6.09 Å². The molecule has 22 heavy (non-hydrogen) atoms. The minimum absolute atomic E-state index is 0.0192. The lowest BCUT2D eigenvalue weighted by molar-refractivity contribution is -0.137. The van der Waals surface area contributed by atoms with E-state index in [4.69, 9.17) is 16.0 Å². The number of carbonyl (C=O) groups excluding carboxylic acids is 2. The van der Waals surface area contributed by atoms with Gasteiger partial charge in [-0.1, -0.05) is 19.9 Å². The van der Waals surface area contributed by atoms with E-state index in [0.29, 0.717) is 11.3 Å². The van der Waals surface area contributed by atoms with Crippen LogP contribution in [0.2, 0.25) is 0 Å². The van der Waals surface area contributed by atoms with Crippen LogP contribution in [0.5, 0.6) is 5.75 Å². The molecule has 6 heteroatoms. The molecule has 0 radical (unpaired) electrons.